The van der Waals surface area contributed by atoms with E-state index in [2.05, 4.69) is 12.2 Å². The molecule has 0 spiro atoms. The van der Waals surface area contributed by atoms with Crippen molar-refractivity contribution >= 4 is 16.7 Å². The summed E-state index contributed by atoms with van der Waals surface area (Å²) in [5, 5.41) is 3.27. The fraction of sp³-hybridized carbons (Fsp3) is 0.917. The molecule has 1 aliphatic heterocycles. The lowest BCUT2D eigenvalue weighted by Gasteiger charge is -2.14. The van der Waals surface area contributed by atoms with Gasteiger partial charge in [0, 0.05) is 29.6 Å². The van der Waals surface area contributed by atoms with Crippen LogP contribution in [0.25, 0.3) is 0 Å². The van der Waals surface area contributed by atoms with Gasteiger partial charge in [0.05, 0.1) is 0 Å². The molecule has 1 N–H and O–H groups in total. The Morgan fingerprint density at radius 3 is 2.65 bits per heavy atom. The summed E-state index contributed by atoms with van der Waals surface area (Å²) in [5.74, 6) is 0.923. The largest absolute Gasteiger partial charge is 0.342 e. The predicted octanol–water partition coefficient (Wildman–Crippen LogP) is 0.747. The van der Waals surface area contributed by atoms with Crippen LogP contribution in [-0.4, -0.2) is 52.7 Å². The van der Waals surface area contributed by atoms with Crippen molar-refractivity contribution in [1.29, 1.82) is 0 Å². The van der Waals surface area contributed by atoms with Gasteiger partial charge in [0.2, 0.25) is 5.91 Å². The van der Waals surface area contributed by atoms with E-state index in [1.54, 1.807) is 0 Å². The average Bonchev–Trinajstić information content (AvgIpc) is 2.82. The second-order valence-electron chi connectivity index (χ2n) is 4.48. The Bertz CT molecular complexity index is 253. The molecule has 17 heavy (non-hydrogen) atoms. The molecular formula is C12H24N2O2S. The van der Waals surface area contributed by atoms with Crippen LogP contribution in [0.4, 0.5) is 0 Å². The van der Waals surface area contributed by atoms with Crippen LogP contribution in [0.5, 0.6) is 0 Å². The second-order valence-corrected chi connectivity index (χ2v) is 6.06. The molecular weight excluding hydrogens is 236 g/mol. The Morgan fingerprint density at radius 1 is 1.29 bits per heavy atom. The van der Waals surface area contributed by atoms with E-state index in [9.17, 15) is 9.00 Å². The minimum Gasteiger partial charge on any atom is -0.342 e. The quantitative estimate of drug-likeness (QED) is 0.655. The van der Waals surface area contributed by atoms with Crippen LogP contribution >= 0.6 is 0 Å². The van der Waals surface area contributed by atoms with Crippen molar-refractivity contribution in [3.05, 3.63) is 0 Å². The van der Waals surface area contributed by atoms with Crippen LogP contribution in [0.1, 0.15) is 32.6 Å². The van der Waals surface area contributed by atoms with Gasteiger partial charge in [-0.15, -0.1) is 0 Å². The number of amides is 1. The maximum atomic E-state index is 11.7. The second kappa shape index (κ2) is 8.64. The Morgan fingerprint density at radius 2 is 2.00 bits per heavy atom. The number of nitrogens with one attached hydrogen (secondary N) is 1. The molecule has 0 aromatic carbocycles. The molecule has 1 amide bonds. The summed E-state index contributed by atoms with van der Waals surface area (Å²) < 4.78 is 11.7. The van der Waals surface area contributed by atoms with Gasteiger partial charge >= 0.3 is 0 Å². The minimum atomic E-state index is -0.983. The minimum absolute atomic E-state index is 0.0716. The molecule has 1 heterocycles. The number of likely N-dealkylation sites (tertiary alicyclic amines) is 1. The topological polar surface area (TPSA) is 49.4 Å². The third kappa shape index (κ3) is 6.17. The molecule has 5 heteroatoms. The first-order valence-electron chi connectivity index (χ1n) is 6.57. The average molecular weight is 260 g/mol. The number of nitrogens with zero attached hydrogens (tertiary/aromatic N) is 1. The van der Waals surface area contributed by atoms with E-state index in [-0.39, 0.29) is 11.7 Å². The smallest absolute Gasteiger partial charge is 0.235 e. The SMILES string of the molecule is CCCNCCCS(=O)CC(=O)N1CCCC1. The highest BCUT2D eigenvalue weighted by molar-refractivity contribution is 7.85. The summed E-state index contributed by atoms with van der Waals surface area (Å²) in [7, 11) is -0.983. The molecule has 0 saturated carbocycles. The highest BCUT2D eigenvalue weighted by Gasteiger charge is 2.19. The van der Waals surface area contributed by atoms with E-state index in [0.717, 1.165) is 51.9 Å². The Labute approximate surface area is 107 Å². The molecule has 1 saturated heterocycles. The van der Waals surface area contributed by atoms with Crippen molar-refractivity contribution in [1.82, 2.24) is 10.2 Å². The predicted molar refractivity (Wildman–Crippen MR) is 71.5 cm³/mol. The van der Waals surface area contributed by atoms with Crippen molar-refractivity contribution in [3.8, 4) is 0 Å². The first-order chi connectivity index (χ1) is 8.24. The van der Waals surface area contributed by atoms with Gasteiger partial charge in [-0.3, -0.25) is 9.00 Å². The summed E-state index contributed by atoms with van der Waals surface area (Å²) in [5.41, 5.74) is 0. The first kappa shape index (κ1) is 14.6. The lowest BCUT2D eigenvalue weighted by Crippen LogP contribution is -2.32. The maximum absolute atomic E-state index is 11.7. The van der Waals surface area contributed by atoms with Crippen molar-refractivity contribution in [3.63, 3.8) is 0 Å². The zero-order valence-corrected chi connectivity index (χ0v) is 11.6. The normalized spacial score (nSPS) is 17.4. The van der Waals surface area contributed by atoms with E-state index in [1.165, 1.54) is 0 Å². The van der Waals surface area contributed by atoms with Crippen LogP contribution in [-0.2, 0) is 15.6 Å². The van der Waals surface area contributed by atoms with E-state index in [1.807, 2.05) is 4.90 Å². The van der Waals surface area contributed by atoms with Crippen molar-refractivity contribution in [2.45, 2.75) is 32.6 Å². The van der Waals surface area contributed by atoms with Gasteiger partial charge in [0.1, 0.15) is 5.75 Å². The van der Waals surface area contributed by atoms with E-state index >= 15 is 0 Å². The zero-order valence-electron chi connectivity index (χ0n) is 10.7. The third-order valence-electron chi connectivity index (χ3n) is 2.90. The summed E-state index contributed by atoms with van der Waals surface area (Å²) in [4.78, 5) is 13.5. The van der Waals surface area contributed by atoms with Crippen molar-refractivity contribution in [2.24, 2.45) is 0 Å². The number of carbonyl (C=O) groups is 1. The van der Waals surface area contributed by atoms with Crippen molar-refractivity contribution in [2.75, 3.05) is 37.7 Å². The van der Waals surface area contributed by atoms with Gasteiger partial charge in [-0.2, -0.15) is 0 Å². The summed E-state index contributed by atoms with van der Waals surface area (Å²) in [6, 6.07) is 0. The van der Waals surface area contributed by atoms with Crippen LogP contribution in [0.2, 0.25) is 0 Å². The highest BCUT2D eigenvalue weighted by atomic mass is 32.2. The zero-order chi connectivity index (χ0) is 12.5. The molecule has 1 fully saturated rings. The molecule has 0 radical (unpaired) electrons. The number of hydrogen-bond acceptors (Lipinski definition) is 3. The summed E-state index contributed by atoms with van der Waals surface area (Å²) in [6.45, 7) is 5.75. The molecule has 1 rings (SSSR count). The van der Waals surface area contributed by atoms with Gasteiger partial charge in [-0.1, -0.05) is 6.92 Å². The van der Waals surface area contributed by atoms with Gasteiger partial charge in [0.15, 0.2) is 0 Å². The Hall–Kier alpha value is -0.420. The summed E-state index contributed by atoms with van der Waals surface area (Å²) >= 11 is 0. The lowest BCUT2D eigenvalue weighted by molar-refractivity contribution is -0.127. The maximum Gasteiger partial charge on any atom is 0.235 e. The van der Waals surface area contributed by atoms with Crippen molar-refractivity contribution < 1.29 is 9.00 Å². The van der Waals surface area contributed by atoms with Gasteiger partial charge in [0.25, 0.3) is 0 Å². The van der Waals surface area contributed by atoms with E-state index in [0.29, 0.717) is 5.75 Å². The van der Waals surface area contributed by atoms with Crippen LogP contribution in [0, 0.1) is 0 Å². The van der Waals surface area contributed by atoms with Gasteiger partial charge in [-0.05, 0) is 38.8 Å². The van der Waals surface area contributed by atoms with E-state index in [4.69, 9.17) is 0 Å². The molecule has 0 bridgehead atoms. The van der Waals surface area contributed by atoms with Gasteiger partial charge < -0.3 is 10.2 Å². The fourth-order valence-corrected chi connectivity index (χ4v) is 3.00. The molecule has 1 unspecified atom stereocenters. The number of carbonyl (C=O) groups excluding carboxylic acids is 1. The van der Waals surface area contributed by atoms with Crippen LogP contribution < -0.4 is 5.32 Å². The molecule has 1 atom stereocenters. The fourth-order valence-electron chi connectivity index (χ4n) is 1.93. The molecule has 100 valence electrons. The monoisotopic (exact) mass is 260 g/mol. The molecule has 4 nitrogen and oxygen atoms in total. The third-order valence-corrected chi connectivity index (χ3v) is 4.21. The van der Waals surface area contributed by atoms with Gasteiger partial charge in [-0.25, -0.2) is 0 Å². The van der Waals surface area contributed by atoms with Crippen LogP contribution in [0.15, 0.2) is 0 Å². The summed E-state index contributed by atoms with van der Waals surface area (Å²) in [6.07, 6.45) is 4.20. The highest BCUT2D eigenvalue weighted by Crippen LogP contribution is 2.07. The van der Waals surface area contributed by atoms with E-state index < -0.39 is 10.8 Å². The number of hydrogen-bond donors (Lipinski definition) is 1. The Balaban J connectivity index is 2.05. The molecule has 0 aromatic heterocycles. The first-order valence-corrected chi connectivity index (χ1v) is 8.06. The number of rotatable bonds is 8. The molecule has 1 aliphatic rings. The standard InChI is InChI=1S/C12H24N2O2S/c1-2-6-13-7-5-10-17(16)11-12(15)14-8-3-4-9-14/h13H,2-11H2,1H3. The molecule has 0 aromatic rings. The Kier molecular flexibility index (Phi) is 7.44. The molecule has 0 aliphatic carbocycles. The lowest BCUT2D eigenvalue weighted by atomic mass is 10.4. The van der Waals surface area contributed by atoms with Crippen LogP contribution in [0.3, 0.4) is 0 Å².